The molecule has 0 radical (unpaired) electrons. The first-order chi connectivity index (χ1) is 12.1. The number of pyridine rings is 1. The third kappa shape index (κ3) is 4.64. The summed E-state index contributed by atoms with van der Waals surface area (Å²) in [6, 6.07) is 2.30. The Morgan fingerprint density at radius 3 is 2.56 bits per heavy atom. The number of halogens is 1. The van der Waals surface area contributed by atoms with Gasteiger partial charge in [-0.2, -0.15) is 0 Å². The number of aliphatic hydroxyl groups is 1. The minimum Gasteiger partial charge on any atom is -0.396 e. The largest absolute Gasteiger partial charge is 0.396 e. The van der Waals surface area contributed by atoms with Crippen molar-refractivity contribution in [1.82, 2.24) is 10.3 Å². The molecule has 25 heavy (non-hydrogen) atoms. The van der Waals surface area contributed by atoms with Crippen LogP contribution in [0.3, 0.4) is 0 Å². The van der Waals surface area contributed by atoms with E-state index in [-0.39, 0.29) is 24.5 Å². The van der Waals surface area contributed by atoms with Gasteiger partial charge in [-0.1, -0.05) is 11.6 Å². The number of carbonyl (C=O) groups is 1. The first-order valence-electron chi connectivity index (χ1n) is 9.35. The highest BCUT2D eigenvalue weighted by molar-refractivity contribution is 6.31. The van der Waals surface area contributed by atoms with Gasteiger partial charge >= 0.3 is 0 Å². The molecule has 0 unspecified atom stereocenters. The molecule has 2 heterocycles. The number of aryl methyl sites for hydroxylation is 1. The van der Waals surface area contributed by atoms with Crippen molar-refractivity contribution in [2.24, 2.45) is 11.8 Å². The minimum atomic E-state index is 0.0974. The number of aliphatic hydroxyl groups excluding tert-OH is 1. The number of aromatic nitrogens is 1. The van der Waals surface area contributed by atoms with Crippen LogP contribution in [-0.4, -0.2) is 41.7 Å². The Morgan fingerprint density at radius 1 is 1.28 bits per heavy atom. The average molecular weight is 366 g/mol. The Bertz CT molecular complexity index is 594. The molecular formula is C19H28ClN3O2. The quantitative estimate of drug-likeness (QED) is 0.861. The summed E-state index contributed by atoms with van der Waals surface area (Å²) in [5.74, 6) is 1.67. The summed E-state index contributed by atoms with van der Waals surface area (Å²) in [6.07, 6.45) is 7.44. The van der Waals surface area contributed by atoms with Crippen LogP contribution >= 0.6 is 11.6 Å². The van der Waals surface area contributed by atoms with Crippen molar-refractivity contribution >= 4 is 23.3 Å². The normalized spacial score (nSPS) is 25.0. The Morgan fingerprint density at radius 2 is 1.96 bits per heavy atom. The smallest absolute Gasteiger partial charge is 0.223 e. The van der Waals surface area contributed by atoms with Gasteiger partial charge in [-0.3, -0.25) is 4.79 Å². The molecule has 2 fully saturated rings. The third-order valence-electron chi connectivity index (χ3n) is 5.67. The van der Waals surface area contributed by atoms with Gasteiger partial charge in [0.2, 0.25) is 5.91 Å². The first-order valence-corrected chi connectivity index (χ1v) is 9.73. The number of amides is 1. The number of rotatable bonds is 4. The molecule has 1 saturated carbocycles. The Labute approximate surface area is 154 Å². The van der Waals surface area contributed by atoms with Gasteiger partial charge in [-0.05, 0) is 63.0 Å². The molecule has 1 amide bonds. The Kier molecular flexibility index (Phi) is 6.18. The van der Waals surface area contributed by atoms with Gasteiger partial charge in [0, 0.05) is 37.9 Å². The van der Waals surface area contributed by atoms with Crippen LogP contribution in [-0.2, 0) is 4.79 Å². The van der Waals surface area contributed by atoms with Crippen LogP contribution in [0.2, 0.25) is 5.02 Å². The molecule has 0 atom stereocenters. The Hall–Kier alpha value is -1.33. The summed E-state index contributed by atoms with van der Waals surface area (Å²) in [5.41, 5.74) is 1.03. The lowest BCUT2D eigenvalue weighted by Gasteiger charge is -2.34. The molecule has 2 N–H and O–H groups in total. The number of anilines is 1. The van der Waals surface area contributed by atoms with Crippen molar-refractivity contribution in [2.75, 3.05) is 24.6 Å². The van der Waals surface area contributed by atoms with Crippen LogP contribution in [0, 0.1) is 18.8 Å². The van der Waals surface area contributed by atoms with Gasteiger partial charge in [0.15, 0.2) is 0 Å². The molecule has 1 aromatic rings. The van der Waals surface area contributed by atoms with E-state index in [0.717, 1.165) is 63.0 Å². The summed E-state index contributed by atoms with van der Waals surface area (Å²) in [5, 5.41) is 13.1. The molecular weight excluding hydrogens is 338 g/mol. The first kappa shape index (κ1) is 18.5. The van der Waals surface area contributed by atoms with Crippen LogP contribution in [0.5, 0.6) is 0 Å². The minimum absolute atomic E-state index is 0.0974. The second-order valence-electron chi connectivity index (χ2n) is 7.46. The number of piperidine rings is 1. The number of nitrogens with zero attached hydrogens (tertiary/aromatic N) is 2. The second kappa shape index (κ2) is 8.37. The molecule has 2 aliphatic rings. The van der Waals surface area contributed by atoms with Crippen LogP contribution in [0.25, 0.3) is 0 Å². The third-order valence-corrected chi connectivity index (χ3v) is 6.07. The fourth-order valence-corrected chi connectivity index (χ4v) is 3.98. The average Bonchev–Trinajstić information content (AvgIpc) is 2.65. The highest BCUT2D eigenvalue weighted by Gasteiger charge is 2.28. The maximum absolute atomic E-state index is 12.5. The Balaban J connectivity index is 1.47. The lowest BCUT2D eigenvalue weighted by Crippen LogP contribution is -2.45. The zero-order valence-electron chi connectivity index (χ0n) is 14.9. The van der Waals surface area contributed by atoms with Gasteiger partial charge in [-0.15, -0.1) is 0 Å². The van der Waals surface area contributed by atoms with E-state index in [1.807, 2.05) is 13.0 Å². The van der Waals surface area contributed by atoms with Crippen molar-refractivity contribution in [1.29, 1.82) is 0 Å². The predicted octanol–water partition coefficient (Wildman–Crippen LogP) is 2.93. The van der Waals surface area contributed by atoms with Crippen LogP contribution < -0.4 is 10.2 Å². The van der Waals surface area contributed by atoms with Crippen molar-refractivity contribution < 1.29 is 9.90 Å². The maximum atomic E-state index is 12.5. The fourth-order valence-electron chi connectivity index (χ4n) is 3.88. The standard InChI is InChI=1S/C19H28ClN3O2/c1-13-10-18(21-11-17(13)20)23-8-6-15(7-9-23)19(25)22-16-4-2-14(12-24)3-5-16/h10-11,14-16,24H,2-9,12H2,1H3,(H,22,25). The second-order valence-corrected chi connectivity index (χ2v) is 7.87. The molecule has 6 heteroatoms. The lowest BCUT2D eigenvalue weighted by atomic mass is 9.86. The van der Waals surface area contributed by atoms with E-state index in [1.165, 1.54) is 0 Å². The molecule has 5 nitrogen and oxygen atoms in total. The van der Waals surface area contributed by atoms with E-state index in [0.29, 0.717) is 10.9 Å². The molecule has 0 spiro atoms. The fraction of sp³-hybridized carbons (Fsp3) is 0.684. The zero-order chi connectivity index (χ0) is 17.8. The molecule has 0 aromatic carbocycles. The van der Waals surface area contributed by atoms with E-state index in [1.54, 1.807) is 6.20 Å². The van der Waals surface area contributed by atoms with Gasteiger partial charge in [0.25, 0.3) is 0 Å². The van der Waals surface area contributed by atoms with Gasteiger partial charge < -0.3 is 15.3 Å². The topological polar surface area (TPSA) is 65.5 Å². The highest BCUT2D eigenvalue weighted by Crippen LogP contribution is 2.27. The number of hydrogen-bond donors (Lipinski definition) is 2. The lowest BCUT2D eigenvalue weighted by molar-refractivity contribution is -0.126. The summed E-state index contributed by atoms with van der Waals surface area (Å²) in [7, 11) is 0. The molecule has 1 aliphatic carbocycles. The summed E-state index contributed by atoms with van der Waals surface area (Å²) < 4.78 is 0. The molecule has 0 bridgehead atoms. The molecule has 1 saturated heterocycles. The van der Waals surface area contributed by atoms with Gasteiger partial charge in [0.1, 0.15) is 5.82 Å². The van der Waals surface area contributed by atoms with Crippen molar-refractivity contribution in [2.45, 2.75) is 51.5 Å². The van der Waals surface area contributed by atoms with Crippen molar-refractivity contribution in [3.63, 3.8) is 0 Å². The van der Waals surface area contributed by atoms with Gasteiger partial charge in [-0.25, -0.2) is 4.98 Å². The maximum Gasteiger partial charge on any atom is 0.223 e. The highest BCUT2D eigenvalue weighted by atomic mass is 35.5. The van der Waals surface area contributed by atoms with Crippen molar-refractivity contribution in [3.8, 4) is 0 Å². The number of carbonyl (C=O) groups excluding carboxylic acids is 1. The van der Waals surface area contributed by atoms with E-state index in [4.69, 9.17) is 11.6 Å². The molecule has 1 aliphatic heterocycles. The number of hydrogen-bond acceptors (Lipinski definition) is 4. The van der Waals surface area contributed by atoms with Crippen LogP contribution in [0.15, 0.2) is 12.3 Å². The van der Waals surface area contributed by atoms with E-state index in [9.17, 15) is 9.90 Å². The summed E-state index contributed by atoms with van der Waals surface area (Å²) >= 11 is 6.05. The molecule has 3 rings (SSSR count). The zero-order valence-corrected chi connectivity index (χ0v) is 15.6. The predicted molar refractivity (Wildman–Crippen MR) is 99.9 cm³/mol. The van der Waals surface area contributed by atoms with E-state index >= 15 is 0 Å². The van der Waals surface area contributed by atoms with Crippen LogP contribution in [0.1, 0.15) is 44.1 Å². The SMILES string of the molecule is Cc1cc(N2CCC(C(=O)NC3CCC(CO)CC3)CC2)ncc1Cl. The van der Waals surface area contributed by atoms with Gasteiger partial charge in [0.05, 0.1) is 5.02 Å². The van der Waals surface area contributed by atoms with Crippen molar-refractivity contribution in [3.05, 3.63) is 22.8 Å². The monoisotopic (exact) mass is 365 g/mol. The molecule has 138 valence electrons. The van der Waals surface area contributed by atoms with E-state index in [2.05, 4.69) is 15.2 Å². The molecule has 1 aromatic heterocycles. The van der Waals surface area contributed by atoms with Crippen LogP contribution in [0.4, 0.5) is 5.82 Å². The van der Waals surface area contributed by atoms with E-state index < -0.39 is 0 Å². The summed E-state index contributed by atoms with van der Waals surface area (Å²) in [6.45, 7) is 3.96. The number of nitrogens with one attached hydrogen (secondary N) is 1. The summed E-state index contributed by atoms with van der Waals surface area (Å²) in [4.78, 5) is 19.2.